The van der Waals surface area contributed by atoms with Crippen molar-refractivity contribution in [3.63, 3.8) is 0 Å². The van der Waals surface area contributed by atoms with Crippen LogP contribution >= 0.6 is 0 Å². The number of rotatable bonds is 4. The van der Waals surface area contributed by atoms with Gasteiger partial charge in [-0.2, -0.15) is 9.36 Å². The summed E-state index contributed by atoms with van der Waals surface area (Å²) in [6.07, 6.45) is 12.8. The molecule has 8 heteroatoms. The molecule has 2 aliphatic heterocycles. The zero-order chi connectivity index (χ0) is 25.3. The van der Waals surface area contributed by atoms with Gasteiger partial charge >= 0.3 is 5.69 Å². The second-order valence-corrected chi connectivity index (χ2v) is 13.8. The fraction of sp³-hybridized carbons (Fsp3) is 0.929. The second kappa shape index (κ2) is 8.75. The van der Waals surface area contributed by atoms with E-state index in [1.807, 2.05) is 6.92 Å². The molecule has 0 unspecified atom stereocenters. The molecule has 0 aromatic carbocycles. The number of nitrogens with zero attached hydrogens (tertiary/aromatic N) is 5. The first-order valence-electron chi connectivity index (χ1n) is 14.6. The van der Waals surface area contributed by atoms with Gasteiger partial charge in [0, 0.05) is 18.5 Å². The lowest BCUT2D eigenvalue weighted by molar-refractivity contribution is -0.157. The molecule has 6 rings (SSSR count). The lowest BCUT2D eigenvalue weighted by Crippen LogP contribution is -2.64. The minimum atomic E-state index is -0.560. The van der Waals surface area contributed by atoms with E-state index in [0.717, 1.165) is 83.7 Å². The van der Waals surface area contributed by atoms with Crippen LogP contribution in [0.5, 0.6) is 0 Å². The topological polar surface area (TPSA) is 93.2 Å². The average molecular weight is 500 g/mol. The average Bonchev–Trinajstić information content (AvgIpc) is 3.39. The Morgan fingerprint density at radius 3 is 2.50 bits per heavy atom. The molecule has 0 bridgehead atoms. The summed E-state index contributed by atoms with van der Waals surface area (Å²) < 4.78 is 2.86. The fourth-order valence-electron chi connectivity index (χ4n) is 9.80. The van der Waals surface area contributed by atoms with Gasteiger partial charge in [-0.05, 0) is 104 Å². The summed E-state index contributed by atoms with van der Waals surface area (Å²) in [5, 5.41) is 19.0. The van der Waals surface area contributed by atoms with Crippen LogP contribution < -0.4 is 5.69 Å². The molecular formula is C28H45N5O3. The van der Waals surface area contributed by atoms with E-state index in [4.69, 9.17) is 0 Å². The van der Waals surface area contributed by atoms with Crippen molar-refractivity contribution >= 4 is 5.78 Å². The number of hydrogen-bond donors (Lipinski definition) is 1. The van der Waals surface area contributed by atoms with Crippen LogP contribution in [0.15, 0.2) is 4.79 Å². The number of carbonyl (C=O) groups is 1. The molecule has 5 fully saturated rings. The SMILES string of the molecule is C[C@@]1(O)CC[C@@H]2[C@H]3CC[C@@]4(C)[C@@H](CC[C@@H]4C(=O)Cn4nnn(C5CCCCC5)c4=O)[C@]3(C)CCN2C1. The Balaban J connectivity index is 1.18. The Morgan fingerprint density at radius 2 is 1.72 bits per heavy atom. The van der Waals surface area contributed by atoms with Gasteiger partial charge in [-0.3, -0.25) is 9.69 Å². The van der Waals surface area contributed by atoms with Crippen LogP contribution in [0.25, 0.3) is 0 Å². The van der Waals surface area contributed by atoms with Crippen LogP contribution in [0.1, 0.15) is 104 Å². The molecule has 1 N–H and O–H groups in total. The minimum absolute atomic E-state index is 0.00266. The van der Waals surface area contributed by atoms with Gasteiger partial charge in [0.1, 0.15) is 6.54 Å². The number of aliphatic hydroxyl groups is 1. The summed E-state index contributed by atoms with van der Waals surface area (Å²) >= 11 is 0. The van der Waals surface area contributed by atoms with Crippen molar-refractivity contribution < 1.29 is 9.90 Å². The number of hydrogen-bond acceptors (Lipinski definition) is 6. The van der Waals surface area contributed by atoms with E-state index < -0.39 is 5.60 Å². The predicted octanol–water partition coefficient (Wildman–Crippen LogP) is 3.58. The molecule has 3 heterocycles. The molecule has 1 aromatic rings. The second-order valence-electron chi connectivity index (χ2n) is 13.8. The zero-order valence-electron chi connectivity index (χ0n) is 22.5. The molecule has 7 atom stereocenters. The third-order valence-electron chi connectivity index (χ3n) is 11.6. The van der Waals surface area contributed by atoms with Crippen molar-refractivity contribution in [2.75, 3.05) is 13.1 Å². The molecule has 5 aliphatic rings. The number of carbonyl (C=O) groups excluding carboxylic acids is 1. The van der Waals surface area contributed by atoms with Crippen molar-refractivity contribution in [1.82, 2.24) is 24.7 Å². The number of tetrazole rings is 1. The Morgan fingerprint density at radius 1 is 0.944 bits per heavy atom. The van der Waals surface area contributed by atoms with Gasteiger partial charge in [-0.1, -0.05) is 33.1 Å². The van der Waals surface area contributed by atoms with E-state index >= 15 is 0 Å². The van der Waals surface area contributed by atoms with Crippen LogP contribution in [0.3, 0.4) is 0 Å². The van der Waals surface area contributed by atoms with Crippen LogP contribution in [-0.2, 0) is 11.3 Å². The van der Waals surface area contributed by atoms with E-state index in [0.29, 0.717) is 17.9 Å². The maximum Gasteiger partial charge on any atom is 0.364 e. The molecule has 0 amide bonds. The Kier molecular flexibility index (Phi) is 6.03. The molecule has 2 saturated heterocycles. The zero-order valence-corrected chi connectivity index (χ0v) is 22.5. The van der Waals surface area contributed by atoms with Gasteiger partial charge in [-0.15, -0.1) is 0 Å². The Labute approximate surface area is 214 Å². The van der Waals surface area contributed by atoms with E-state index in [1.165, 1.54) is 15.8 Å². The molecular weight excluding hydrogens is 454 g/mol. The predicted molar refractivity (Wildman–Crippen MR) is 136 cm³/mol. The van der Waals surface area contributed by atoms with Gasteiger partial charge in [0.25, 0.3) is 0 Å². The first-order valence-corrected chi connectivity index (χ1v) is 14.6. The largest absolute Gasteiger partial charge is 0.389 e. The first-order chi connectivity index (χ1) is 17.1. The maximum atomic E-state index is 13.7. The van der Waals surface area contributed by atoms with E-state index in [2.05, 4.69) is 29.2 Å². The third kappa shape index (κ3) is 3.84. The van der Waals surface area contributed by atoms with Crippen molar-refractivity contribution in [3.05, 3.63) is 10.5 Å². The summed E-state index contributed by atoms with van der Waals surface area (Å²) in [4.78, 5) is 29.3. The molecule has 1 aromatic heterocycles. The number of Topliss-reactive ketones (excluding diaryl/α,β-unsaturated/α-hetero) is 1. The molecule has 8 nitrogen and oxygen atoms in total. The summed E-state index contributed by atoms with van der Waals surface area (Å²) in [6, 6.07) is 0.699. The first kappa shape index (κ1) is 24.8. The summed E-state index contributed by atoms with van der Waals surface area (Å²) in [5.74, 6) is 1.35. The molecule has 0 spiro atoms. The third-order valence-corrected chi connectivity index (χ3v) is 11.6. The molecule has 0 radical (unpaired) electrons. The van der Waals surface area contributed by atoms with Gasteiger partial charge in [0.05, 0.1) is 11.6 Å². The summed E-state index contributed by atoms with van der Waals surface area (Å²) in [5.41, 5.74) is -0.540. The van der Waals surface area contributed by atoms with Crippen LogP contribution in [0.2, 0.25) is 0 Å². The van der Waals surface area contributed by atoms with Crippen molar-refractivity contribution in [2.24, 2.45) is 28.6 Å². The standard InChI is InChI=1S/C28H45N5O3/c1-26(36)13-12-22-20-11-14-27(2)21(9-10-24(27)28(20,3)15-16-31(22)18-26)23(34)17-32-25(35)33(30-29-32)19-7-5-4-6-8-19/h19-22,24,36H,4-18H2,1-3H3/t20-,21-,22-,24-,26-,27-,28-/m1/s1. The van der Waals surface area contributed by atoms with Crippen molar-refractivity contribution in [1.29, 1.82) is 0 Å². The van der Waals surface area contributed by atoms with E-state index in [-0.39, 0.29) is 40.8 Å². The normalized spacial score (nSPS) is 43.6. The Hall–Kier alpha value is -1.54. The number of ketones is 1. The number of aromatic nitrogens is 4. The van der Waals surface area contributed by atoms with Gasteiger partial charge < -0.3 is 5.11 Å². The quantitative estimate of drug-likeness (QED) is 0.681. The fourth-order valence-corrected chi connectivity index (χ4v) is 9.80. The van der Waals surface area contributed by atoms with E-state index in [9.17, 15) is 14.7 Å². The van der Waals surface area contributed by atoms with Crippen LogP contribution in [0, 0.1) is 28.6 Å². The molecule has 3 aliphatic carbocycles. The summed E-state index contributed by atoms with van der Waals surface area (Å²) in [6.45, 7) is 8.78. The van der Waals surface area contributed by atoms with Crippen LogP contribution in [0.4, 0.5) is 0 Å². The smallest absolute Gasteiger partial charge is 0.364 e. The van der Waals surface area contributed by atoms with Crippen molar-refractivity contribution in [3.8, 4) is 0 Å². The highest BCUT2D eigenvalue weighted by Crippen LogP contribution is 2.67. The number of fused-ring (bicyclic) bond motifs is 5. The van der Waals surface area contributed by atoms with E-state index in [1.54, 1.807) is 0 Å². The molecule has 3 saturated carbocycles. The minimum Gasteiger partial charge on any atom is -0.389 e. The highest BCUT2D eigenvalue weighted by molar-refractivity contribution is 5.82. The highest BCUT2D eigenvalue weighted by Gasteiger charge is 2.63. The van der Waals surface area contributed by atoms with Gasteiger partial charge in [0.15, 0.2) is 5.78 Å². The highest BCUT2D eigenvalue weighted by atomic mass is 16.3. The monoisotopic (exact) mass is 499 g/mol. The molecule has 36 heavy (non-hydrogen) atoms. The maximum absolute atomic E-state index is 13.7. The van der Waals surface area contributed by atoms with Gasteiger partial charge in [0.2, 0.25) is 0 Å². The number of piperidine rings is 2. The Bertz CT molecular complexity index is 1060. The van der Waals surface area contributed by atoms with Gasteiger partial charge in [-0.25, -0.2) is 4.79 Å². The molecule has 200 valence electrons. The van der Waals surface area contributed by atoms with Crippen molar-refractivity contribution in [2.45, 2.75) is 122 Å². The summed E-state index contributed by atoms with van der Waals surface area (Å²) in [7, 11) is 0. The lowest BCUT2D eigenvalue weighted by atomic mass is 9.47. The lowest BCUT2D eigenvalue weighted by Gasteiger charge is -2.63. The van der Waals surface area contributed by atoms with Crippen LogP contribution in [-0.4, -0.2) is 60.3 Å².